The number of thiophene rings is 1. The van der Waals surface area contributed by atoms with Crippen molar-refractivity contribution >= 4 is 63.8 Å². The van der Waals surface area contributed by atoms with E-state index in [9.17, 15) is 0 Å². The second-order valence-corrected chi connectivity index (χ2v) is 13.8. The van der Waals surface area contributed by atoms with Crippen LogP contribution in [0.3, 0.4) is 0 Å². The highest BCUT2D eigenvalue weighted by atomic mass is 32.1. The van der Waals surface area contributed by atoms with Gasteiger partial charge in [-0.2, -0.15) is 0 Å². The van der Waals surface area contributed by atoms with E-state index < -0.39 is 0 Å². The molecule has 1 aliphatic rings. The molecule has 1 aliphatic carbocycles. The SMILES string of the molecule is C1=CCC(c2nc(-c3ccccc3)nc(-c3ccc4c(c3)sc3cccc(-c5ccc6c7ccccc7c7ccccc7c6c5)c34)n2)C=C1. The zero-order valence-electron chi connectivity index (χ0n) is 26.5. The highest BCUT2D eigenvalue weighted by Gasteiger charge is 2.19. The molecular formula is C45H29N3S. The highest BCUT2D eigenvalue weighted by molar-refractivity contribution is 7.26. The van der Waals surface area contributed by atoms with Gasteiger partial charge in [-0.15, -0.1) is 11.3 Å². The average Bonchev–Trinajstić information content (AvgIpc) is 3.57. The van der Waals surface area contributed by atoms with Gasteiger partial charge in [-0.3, -0.25) is 0 Å². The van der Waals surface area contributed by atoms with Crippen molar-refractivity contribution in [3.63, 3.8) is 0 Å². The Labute approximate surface area is 287 Å². The molecule has 0 spiro atoms. The van der Waals surface area contributed by atoms with Crippen LogP contribution in [-0.2, 0) is 0 Å². The first-order valence-electron chi connectivity index (χ1n) is 16.7. The molecule has 0 fully saturated rings. The average molecular weight is 644 g/mol. The molecular weight excluding hydrogens is 615 g/mol. The first-order valence-corrected chi connectivity index (χ1v) is 17.5. The van der Waals surface area contributed by atoms with E-state index in [2.05, 4.69) is 140 Å². The quantitative estimate of drug-likeness (QED) is 0.179. The van der Waals surface area contributed by atoms with Gasteiger partial charge in [-0.25, -0.2) is 15.0 Å². The summed E-state index contributed by atoms with van der Waals surface area (Å²) in [5.74, 6) is 2.35. The summed E-state index contributed by atoms with van der Waals surface area (Å²) in [6.45, 7) is 0. The van der Waals surface area contributed by atoms with Crippen molar-refractivity contribution in [3.05, 3.63) is 164 Å². The van der Waals surface area contributed by atoms with Crippen LogP contribution in [-0.4, -0.2) is 15.0 Å². The summed E-state index contributed by atoms with van der Waals surface area (Å²) >= 11 is 1.83. The summed E-state index contributed by atoms with van der Waals surface area (Å²) in [7, 11) is 0. The third kappa shape index (κ3) is 4.67. The monoisotopic (exact) mass is 643 g/mol. The summed E-state index contributed by atoms with van der Waals surface area (Å²) in [5.41, 5.74) is 4.47. The van der Waals surface area contributed by atoms with E-state index >= 15 is 0 Å². The Morgan fingerprint density at radius 3 is 1.86 bits per heavy atom. The lowest BCUT2D eigenvalue weighted by Crippen LogP contribution is -2.07. The van der Waals surface area contributed by atoms with E-state index in [-0.39, 0.29) is 5.92 Å². The maximum absolute atomic E-state index is 5.05. The van der Waals surface area contributed by atoms with Gasteiger partial charge in [0.05, 0.1) is 0 Å². The van der Waals surface area contributed by atoms with E-state index in [4.69, 9.17) is 15.0 Å². The summed E-state index contributed by atoms with van der Waals surface area (Å²) in [6, 6.07) is 48.1. The fourth-order valence-corrected chi connectivity index (χ4v) is 8.63. The molecule has 0 saturated carbocycles. The van der Waals surface area contributed by atoms with Crippen LogP contribution in [0.1, 0.15) is 18.2 Å². The Balaban J connectivity index is 1.13. The molecule has 2 aromatic heterocycles. The van der Waals surface area contributed by atoms with Gasteiger partial charge >= 0.3 is 0 Å². The minimum absolute atomic E-state index is 0.127. The molecule has 49 heavy (non-hydrogen) atoms. The lowest BCUT2D eigenvalue weighted by Gasteiger charge is -2.14. The zero-order valence-corrected chi connectivity index (χ0v) is 27.4. The Hall–Kier alpha value is -5.97. The van der Waals surface area contributed by atoms with Gasteiger partial charge in [0.2, 0.25) is 0 Å². The number of fused-ring (bicyclic) bond motifs is 9. The summed E-state index contributed by atoms with van der Waals surface area (Å²) in [6.07, 6.45) is 9.41. The maximum Gasteiger partial charge on any atom is 0.163 e. The van der Waals surface area contributed by atoms with Crippen molar-refractivity contribution in [1.82, 2.24) is 15.0 Å². The molecule has 7 aromatic carbocycles. The molecule has 0 bridgehead atoms. The topological polar surface area (TPSA) is 38.7 Å². The lowest BCUT2D eigenvalue weighted by atomic mass is 9.91. The second-order valence-electron chi connectivity index (χ2n) is 12.7. The van der Waals surface area contributed by atoms with Crippen LogP contribution in [0.25, 0.3) is 86.4 Å². The first kappa shape index (κ1) is 28.1. The fourth-order valence-electron chi connectivity index (χ4n) is 7.46. The van der Waals surface area contributed by atoms with Crippen molar-refractivity contribution < 1.29 is 0 Å². The third-order valence-corrected chi connectivity index (χ3v) is 10.9. The van der Waals surface area contributed by atoms with Crippen molar-refractivity contribution in [2.24, 2.45) is 0 Å². The first-order chi connectivity index (χ1) is 24.3. The van der Waals surface area contributed by atoms with Gasteiger partial charge in [0.1, 0.15) is 5.82 Å². The smallest absolute Gasteiger partial charge is 0.163 e. The highest BCUT2D eigenvalue weighted by Crippen LogP contribution is 2.43. The van der Waals surface area contributed by atoms with Crippen LogP contribution in [0.2, 0.25) is 0 Å². The number of benzene rings is 7. The van der Waals surface area contributed by atoms with Crippen molar-refractivity contribution in [2.45, 2.75) is 12.3 Å². The van der Waals surface area contributed by atoms with Crippen LogP contribution in [0, 0.1) is 0 Å². The molecule has 0 amide bonds. The van der Waals surface area contributed by atoms with Crippen LogP contribution in [0.5, 0.6) is 0 Å². The van der Waals surface area contributed by atoms with Gasteiger partial charge in [0, 0.05) is 37.2 Å². The Morgan fingerprint density at radius 1 is 0.469 bits per heavy atom. The molecule has 4 heteroatoms. The minimum atomic E-state index is 0.127. The van der Waals surface area contributed by atoms with Gasteiger partial charge in [-0.1, -0.05) is 140 Å². The zero-order chi connectivity index (χ0) is 32.3. The molecule has 0 N–H and O–H groups in total. The molecule has 0 radical (unpaired) electrons. The number of hydrogen-bond acceptors (Lipinski definition) is 4. The molecule has 1 atom stereocenters. The van der Waals surface area contributed by atoms with Crippen LogP contribution in [0.15, 0.2) is 158 Å². The van der Waals surface area contributed by atoms with E-state index in [0.717, 1.165) is 23.4 Å². The molecule has 3 nitrogen and oxygen atoms in total. The van der Waals surface area contributed by atoms with Gasteiger partial charge < -0.3 is 0 Å². The number of aromatic nitrogens is 3. The number of allylic oxidation sites excluding steroid dienone is 4. The van der Waals surface area contributed by atoms with Gasteiger partial charge in [0.25, 0.3) is 0 Å². The van der Waals surface area contributed by atoms with Crippen molar-refractivity contribution in [2.75, 3.05) is 0 Å². The van der Waals surface area contributed by atoms with Gasteiger partial charge in [0.15, 0.2) is 11.6 Å². The van der Waals surface area contributed by atoms with E-state index in [1.54, 1.807) is 0 Å². The molecule has 10 rings (SSSR count). The minimum Gasteiger partial charge on any atom is -0.212 e. The Bertz CT molecular complexity index is 2780. The third-order valence-electron chi connectivity index (χ3n) is 9.81. The normalized spacial score (nSPS) is 14.5. The van der Waals surface area contributed by atoms with Crippen molar-refractivity contribution in [1.29, 1.82) is 0 Å². The molecule has 9 aromatic rings. The Kier molecular flexibility index (Phi) is 6.49. The fraction of sp³-hybridized carbons (Fsp3) is 0.0444. The summed E-state index contributed by atoms with van der Waals surface area (Å²) < 4.78 is 2.49. The predicted octanol–water partition coefficient (Wildman–Crippen LogP) is 12.3. The second kappa shape index (κ2) is 11.3. The molecule has 2 heterocycles. The maximum atomic E-state index is 5.05. The number of rotatable bonds is 4. The van der Waals surface area contributed by atoms with Crippen molar-refractivity contribution in [3.8, 4) is 33.9 Å². The number of hydrogen-bond donors (Lipinski definition) is 0. The van der Waals surface area contributed by atoms with E-state index in [1.165, 1.54) is 63.6 Å². The van der Waals surface area contributed by atoms with Crippen LogP contribution in [0.4, 0.5) is 0 Å². The summed E-state index contributed by atoms with van der Waals surface area (Å²) in [5, 5.41) is 10.3. The lowest BCUT2D eigenvalue weighted by molar-refractivity contribution is 0.764. The molecule has 0 aliphatic heterocycles. The van der Waals surface area contributed by atoms with Crippen LogP contribution < -0.4 is 0 Å². The van der Waals surface area contributed by atoms with E-state index in [0.29, 0.717) is 11.6 Å². The Morgan fingerprint density at radius 2 is 1.12 bits per heavy atom. The molecule has 1 unspecified atom stereocenters. The largest absolute Gasteiger partial charge is 0.212 e. The van der Waals surface area contributed by atoms with Gasteiger partial charge in [-0.05, 0) is 68.1 Å². The molecule has 0 saturated heterocycles. The van der Waals surface area contributed by atoms with E-state index in [1.807, 2.05) is 29.5 Å². The number of nitrogens with zero attached hydrogens (tertiary/aromatic N) is 3. The summed E-state index contributed by atoms with van der Waals surface area (Å²) in [4.78, 5) is 15.0. The standard InChI is InChI=1S/C45H29N3S/c1-3-12-28(13-4-1)43-46-44(29-14-5-2-6-15-29)48-45(47-43)31-23-25-38-41(27-31)49-40-21-11-20-32(42(38)40)30-22-24-37-35-18-8-7-16-33(35)34-17-9-10-19-36(34)39(37)26-30/h1-14,16-27,29H,15H2. The van der Waals surface area contributed by atoms with Crippen LogP contribution >= 0.6 is 11.3 Å². The predicted molar refractivity (Wildman–Crippen MR) is 207 cm³/mol. The molecule has 230 valence electrons.